The first-order chi connectivity index (χ1) is 13.5. The highest BCUT2D eigenvalue weighted by Crippen LogP contribution is 2.27. The van der Waals surface area contributed by atoms with Gasteiger partial charge in [-0.15, -0.1) is 11.8 Å². The quantitative estimate of drug-likeness (QED) is 0.553. The average molecular weight is 400 g/mol. The first-order valence-corrected chi connectivity index (χ1v) is 10.4. The lowest BCUT2D eigenvalue weighted by molar-refractivity contribution is -0.119. The van der Waals surface area contributed by atoms with E-state index in [2.05, 4.69) is 5.32 Å². The molecule has 1 amide bonds. The number of amides is 1. The molecule has 6 heteroatoms. The fourth-order valence-electron chi connectivity index (χ4n) is 3.12. The first kappa shape index (κ1) is 20.4. The van der Waals surface area contributed by atoms with Crippen LogP contribution in [0.4, 0.5) is 5.69 Å². The summed E-state index contributed by atoms with van der Waals surface area (Å²) in [4.78, 5) is 25.6. The number of esters is 1. The number of ether oxygens (including phenoxy) is 2. The lowest BCUT2D eigenvalue weighted by atomic mass is 10.1. The predicted octanol–water partition coefficient (Wildman–Crippen LogP) is 4.37. The van der Waals surface area contributed by atoms with Gasteiger partial charge in [0.25, 0.3) is 5.91 Å². The van der Waals surface area contributed by atoms with Crippen LogP contribution in [0.5, 0.6) is 0 Å². The van der Waals surface area contributed by atoms with Crippen molar-refractivity contribution in [1.82, 2.24) is 0 Å². The molecule has 148 valence electrons. The molecule has 1 aliphatic rings. The lowest BCUT2D eigenvalue weighted by Gasteiger charge is -2.13. The van der Waals surface area contributed by atoms with Gasteiger partial charge in [0.1, 0.15) is 0 Å². The smallest absolute Gasteiger partial charge is 0.339 e. The fraction of sp³-hybridized carbons (Fsp3) is 0.364. The largest absolute Gasteiger partial charge is 0.452 e. The lowest BCUT2D eigenvalue weighted by Crippen LogP contribution is -2.22. The van der Waals surface area contributed by atoms with Crippen LogP contribution in [0.3, 0.4) is 0 Å². The van der Waals surface area contributed by atoms with Crippen LogP contribution in [0, 0.1) is 13.8 Å². The van der Waals surface area contributed by atoms with Crippen molar-refractivity contribution < 1.29 is 19.1 Å². The van der Waals surface area contributed by atoms with Gasteiger partial charge in [-0.25, -0.2) is 4.79 Å². The molecule has 1 heterocycles. The molecule has 1 atom stereocenters. The number of rotatable bonds is 7. The summed E-state index contributed by atoms with van der Waals surface area (Å²) in [5.41, 5.74) is 3.17. The first-order valence-electron chi connectivity index (χ1n) is 9.41. The van der Waals surface area contributed by atoms with E-state index >= 15 is 0 Å². The zero-order valence-corrected chi connectivity index (χ0v) is 17.0. The second-order valence-corrected chi connectivity index (χ2v) is 7.90. The maximum atomic E-state index is 12.5. The number of anilines is 1. The zero-order valence-electron chi connectivity index (χ0n) is 16.2. The number of nitrogens with one attached hydrogen (secondary N) is 1. The molecule has 5 nitrogen and oxygen atoms in total. The van der Waals surface area contributed by atoms with Crippen LogP contribution in [-0.2, 0) is 14.3 Å². The van der Waals surface area contributed by atoms with Crippen molar-refractivity contribution in [3.05, 3.63) is 59.2 Å². The third-order valence-corrected chi connectivity index (χ3v) is 5.84. The van der Waals surface area contributed by atoms with Crippen LogP contribution >= 0.6 is 11.8 Å². The normalized spacial score (nSPS) is 16.0. The second-order valence-electron chi connectivity index (χ2n) is 6.83. The van der Waals surface area contributed by atoms with Crippen LogP contribution < -0.4 is 5.32 Å². The molecule has 0 spiro atoms. The fourth-order valence-corrected chi connectivity index (χ4v) is 4.23. The van der Waals surface area contributed by atoms with Crippen molar-refractivity contribution in [3.8, 4) is 0 Å². The van der Waals surface area contributed by atoms with Gasteiger partial charge in [-0.3, -0.25) is 4.79 Å². The monoisotopic (exact) mass is 399 g/mol. The van der Waals surface area contributed by atoms with Gasteiger partial charge in [0.2, 0.25) is 0 Å². The molecular formula is C22H25NO4S. The van der Waals surface area contributed by atoms with Crippen molar-refractivity contribution in [2.75, 3.05) is 24.3 Å². The number of hydrogen-bond acceptors (Lipinski definition) is 5. The minimum Gasteiger partial charge on any atom is -0.452 e. The minimum absolute atomic E-state index is 0.234. The van der Waals surface area contributed by atoms with Gasteiger partial charge in [-0.05, 0) is 49.9 Å². The van der Waals surface area contributed by atoms with E-state index in [0.29, 0.717) is 5.56 Å². The third-order valence-electron chi connectivity index (χ3n) is 4.64. The Morgan fingerprint density at radius 3 is 2.61 bits per heavy atom. The molecule has 3 rings (SSSR count). The van der Waals surface area contributed by atoms with E-state index < -0.39 is 5.97 Å². The van der Waals surface area contributed by atoms with Crippen molar-refractivity contribution in [1.29, 1.82) is 0 Å². The van der Waals surface area contributed by atoms with E-state index in [4.69, 9.17) is 9.47 Å². The van der Waals surface area contributed by atoms with E-state index in [1.165, 1.54) is 0 Å². The summed E-state index contributed by atoms with van der Waals surface area (Å²) >= 11 is 1.59. The van der Waals surface area contributed by atoms with Crippen LogP contribution in [0.15, 0.2) is 47.4 Å². The average Bonchev–Trinajstić information content (AvgIpc) is 3.21. The van der Waals surface area contributed by atoms with Gasteiger partial charge in [-0.1, -0.05) is 30.3 Å². The standard InChI is InChI=1S/C22H25NO4S/c1-15-7-5-8-16(2)21(15)23-20(24)13-27-22(25)18-10-3-4-11-19(18)28-14-17-9-6-12-26-17/h3-5,7-8,10-11,17H,6,9,12-14H2,1-2H3,(H,23,24)/t17-/m0/s1. The Morgan fingerprint density at radius 1 is 1.14 bits per heavy atom. The highest BCUT2D eigenvalue weighted by atomic mass is 32.2. The summed E-state index contributed by atoms with van der Waals surface area (Å²) in [6, 6.07) is 13.1. The van der Waals surface area contributed by atoms with Crippen molar-refractivity contribution in [2.24, 2.45) is 0 Å². The Labute approximate surface area is 169 Å². The molecule has 0 bridgehead atoms. The maximum Gasteiger partial charge on any atom is 0.339 e. The van der Waals surface area contributed by atoms with Gasteiger partial charge in [0.05, 0.1) is 11.7 Å². The van der Waals surface area contributed by atoms with Crippen molar-refractivity contribution >= 4 is 29.3 Å². The Bertz CT molecular complexity index is 826. The van der Waals surface area contributed by atoms with Gasteiger partial charge in [0.15, 0.2) is 6.61 Å². The maximum absolute atomic E-state index is 12.5. The topological polar surface area (TPSA) is 64.6 Å². The molecule has 1 N–H and O–H groups in total. The van der Waals surface area contributed by atoms with Crippen LogP contribution in [0.2, 0.25) is 0 Å². The van der Waals surface area contributed by atoms with E-state index in [-0.39, 0.29) is 18.6 Å². The molecule has 0 radical (unpaired) electrons. The highest BCUT2D eigenvalue weighted by Gasteiger charge is 2.19. The number of thioether (sulfide) groups is 1. The van der Waals surface area contributed by atoms with E-state index in [9.17, 15) is 9.59 Å². The summed E-state index contributed by atoms with van der Waals surface area (Å²) < 4.78 is 10.9. The van der Waals surface area contributed by atoms with Crippen molar-refractivity contribution in [2.45, 2.75) is 37.7 Å². The SMILES string of the molecule is Cc1cccc(C)c1NC(=O)COC(=O)c1ccccc1SC[C@@H]1CCCO1. The van der Waals surface area contributed by atoms with Crippen molar-refractivity contribution in [3.63, 3.8) is 0 Å². The third kappa shape index (κ3) is 5.36. The van der Waals surface area contributed by atoms with E-state index in [0.717, 1.165) is 46.9 Å². The summed E-state index contributed by atoms with van der Waals surface area (Å²) in [5, 5.41) is 2.82. The van der Waals surface area contributed by atoms with Gasteiger partial charge < -0.3 is 14.8 Å². The molecule has 2 aromatic rings. The molecule has 0 unspecified atom stereocenters. The van der Waals surface area contributed by atoms with Crippen LogP contribution in [-0.4, -0.2) is 36.9 Å². The van der Waals surface area contributed by atoms with Gasteiger partial charge in [0, 0.05) is 22.9 Å². The van der Waals surface area contributed by atoms with E-state index in [1.54, 1.807) is 23.9 Å². The Balaban J connectivity index is 1.56. The number of benzene rings is 2. The highest BCUT2D eigenvalue weighted by molar-refractivity contribution is 7.99. The Kier molecular flexibility index (Phi) is 7.12. The molecule has 1 fully saturated rings. The van der Waals surface area contributed by atoms with Crippen LogP contribution in [0.25, 0.3) is 0 Å². The number of carbonyl (C=O) groups excluding carboxylic acids is 2. The molecule has 28 heavy (non-hydrogen) atoms. The van der Waals surface area contributed by atoms with E-state index in [1.807, 2.05) is 44.2 Å². The molecule has 2 aromatic carbocycles. The predicted molar refractivity (Wildman–Crippen MR) is 111 cm³/mol. The Morgan fingerprint density at radius 2 is 1.89 bits per heavy atom. The molecule has 0 saturated carbocycles. The molecule has 0 aliphatic carbocycles. The number of hydrogen-bond donors (Lipinski definition) is 1. The van der Waals surface area contributed by atoms with Gasteiger partial charge >= 0.3 is 5.97 Å². The number of carbonyl (C=O) groups is 2. The number of aryl methyl sites for hydroxylation is 2. The van der Waals surface area contributed by atoms with Gasteiger partial charge in [-0.2, -0.15) is 0 Å². The summed E-state index contributed by atoms with van der Waals surface area (Å²) in [7, 11) is 0. The Hall–Kier alpha value is -2.31. The minimum atomic E-state index is -0.493. The summed E-state index contributed by atoms with van der Waals surface area (Å²) in [5.74, 6) is -0.0421. The summed E-state index contributed by atoms with van der Waals surface area (Å²) in [6.07, 6.45) is 2.37. The van der Waals surface area contributed by atoms with Crippen LogP contribution in [0.1, 0.15) is 34.3 Å². The molecule has 1 saturated heterocycles. The zero-order chi connectivity index (χ0) is 19.9. The second kappa shape index (κ2) is 9.75. The number of para-hydroxylation sites is 1. The molecule has 1 aliphatic heterocycles. The molecule has 0 aromatic heterocycles. The summed E-state index contributed by atoms with van der Waals surface area (Å²) in [6.45, 7) is 4.34. The molecular weight excluding hydrogens is 374 g/mol.